The molecule has 0 saturated carbocycles. The molecule has 1 atom stereocenters. The monoisotopic (exact) mass is 215 g/mol. The van der Waals surface area contributed by atoms with Crippen molar-refractivity contribution in [1.29, 1.82) is 0 Å². The van der Waals surface area contributed by atoms with E-state index < -0.39 is 10.1 Å². The second kappa shape index (κ2) is 3.98. The molecule has 2 N–H and O–H groups in total. The van der Waals surface area contributed by atoms with E-state index in [0.29, 0.717) is 5.75 Å². The van der Waals surface area contributed by atoms with Gasteiger partial charge in [0, 0.05) is 6.04 Å². The SMILES string of the molecule is CC(N)c1ccc(OS(C)(=O)=O)cc1. The molecule has 5 heteroatoms. The number of nitrogens with two attached hydrogens (primary N) is 1. The molecule has 0 aliphatic heterocycles. The van der Waals surface area contributed by atoms with Gasteiger partial charge in [-0.15, -0.1) is 0 Å². The molecule has 0 aliphatic carbocycles. The first-order chi connectivity index (χ1) is 6.38. The Kier molecular flexibility index (Phi) is 3.13. The first-order valence-corrected chi connectivity index (χ1v) is 5.95. The van der Waals surface area contributed by atoms with Crippen molar-refractivity contribution in [2.45, 2.75) is 13.0 Å². The Morgan fingerprint density at radius 2 is 1.79 bits per heavy atom. The van der Waals surface area contributed by atoms with Gasteiger partial charge in [-0.3, -0.25) is 0 Å². The summed E-state index contributed by atoms with van der Waals surface area (Å²) in [5, 5.41) is 0. The van der Waals surface area contributed by atoms with E-state index in [0.717, 1.165) is 11.8 Å². The van der Waals surface area contributed by atoms with E-state index >= 15 is 0 Å². The molecule has 1 rings (SSSR count). The van der Waals surface area contributed by atoms with Crippen LogP contribution in [0.4, 0.5) is 0 Å². The van der Waals surface area contributed by atoms with E-state index in [-0.39, 0.29) is 6.04 Å². The molecule has 1 aromatic rings. The fourth-order valence-electron chi connectivity index (χ4n) is 1.00. The van der Waals surface area contributed by atoms with Crippen LogP contribution < -0.4 is 9.92 Å². The third-order valence-electron chi connectivity index (χ3n) is 1.65. The first-order valence-electron chi connectivity index (χ1n) is 4.13. The van der Waals surface area contributed by atoms with Gasteiger partial charge in [-0.1, -0.05) is 12.1 Å². The smallest absolute Gasteiger partial charge is 0.306 e. The van der Waals surface area contributed by atoms with Gasteiger partial charge in [0.1, 0.15) is 5.75 Å². The van der Waals surface area contributed by atoms with Gasteiger partial charge in [0.2, 0.25) is 0 Å². The summed E-state index contributed by atoms with van der Waals surface area (Å²) in [6.07, 6.45) is 1.01. The molecule has 0 heterocycles. The van der Waals surface area contributed by atoms with E-state index in [2.05, 4.69) is 4.18 Å². The maximum atomic E-state index is 10.8. The van der Waals surface area contributed by atoms with Crippen LogP contribution in [0.1, 0.15) is 18.5 Å². The van der Waals surface area contributed by atoms with Crippen LogP contribution in [-0.2, 0) is 10.1 Å². The molecule has 0 amide bonds. The van der Waals surface area contributed by atoms with Gasteiger partial charge < -0.3 is 9.92 Å². The van der Waals surface area contributed by atoms with Crippen molar-refractivity contribution < 1.29 is 12.6 Å². The second-order valence-corrected chi connectivity index (χ2v) is 4.72. The molecule has 4 nitrogen and oxygen atoms in total. The molecule has 1 unspecified atom stereocenters. The highest BCUT2D eigenvalue weighted by Gasteiger charge is 2.04. The zero-order valence-electron chi connectivity index (χ0n) is 8.10. The lowest BCUT2D eigenvalue weighted by Crippen LogP contribution is -2.07. The number of benzene rings is 1. The minimum atomic E-state index is -3.44. The highest BCUT2D eigenvalue weighted by Crippen LogP contribution is 2.16. The summed E-state index contributed by atoms with van der Waals surface area (Å²) in [7, 11) is -3.44. The van der Waals surface area contributed by atoms with Crippen LogP contribution in [-0.4, -0.2) is 14.7 Å². The maximum absolute atomic E-state index is 10.8. The van der Waals surface area contributed by atoms with Gasteiger partial charge in [0.15, 0.2) is 0 Å². The average molecular weight is 215 g/mol. The number of hydrogen-bond donors (Lipinski definition) is 1. The third kappa shape index (κ3) is 3.35. The van der Waals surface area contributed by atoms with Crippen LogP contribution in [0.25, 0.3) is 0 Å². The van der Waals surface area contributed by atoms with Crippen LogP contribution in [0.5, 0.6) is 5.75 Å². The minimum absolute atomic E-state index is 0.0673. The maximum Gasteiger partial charge on any atom is 0.306 e. The van der Waals surface area contributed by atoms with Gasteiger partial charge in [-0.2, -0.15) is 8.42 Å². The van der Waals surface area contributed by atoms with Crippen molar-refractivity contribution in [2.24, 2.45) is 5.73 Å². The first kappa shape index (κ1) is 11.0. The largest absolute Gasteiger partial charge is 0.383 e. The summed E-state index contributed by atoms with van der Waals surface area (Å²) in [6, 6.07) is 6.58. The van der Waals surface area contributed by atoms with Crippen molar-refractivity contribution in [3.8, 4) is 5.75 Å². The van der Waals surface area contributed by atoms with Crippen molar-refractivity contribution in [3.05, 3.63) is 29.8 Å². The van der Waals surface area contributed by atoms with Crippen LogP contribution in [0.2, 0.25) is 0 Å². The fourth-order valence-corrected chi connectivity index (χ4v) is 1.46. The molecule has 0 bridgehead atoms. The van der Waals surface area contributed by atoms with Crippen LogP contribution >= 0.6 is 0 Å². The quantitative estimate of drug-likeness (QED) is 0.765. The van der Waals surface area contributed by atoms with Crippen molar-refractivity contribution in [2.75, 3.05) is 6.26 Å². The van der Waals surface area contributed by atoms with Crippen molar-refractivity contribution in [3.63, 3.8) is 0 Å². The second-order valence-electron chi connectivity index (χ2n) is 3.15. The molecule has 0 radical (unpaired) electrons. The Hall–Kier alpha value is -1.07. The Bertz CT molecular complexity index is 395. The highest BCUT2D eigenvalue weighted by molar-refractivity contribution is 7.86. The highest BCUT2D eigenvalue weighted by atomic mass is 32.2. The molecule has 0 aromatic heterocycles. The van der Waals surface area contributed by atoms with E-state index in [1.54, 1.807) is 24.3 Å². The Balaban J connectivity index is 2.84. The summed E-state index contributed by atoms with van der Waals surface area (Å²) < 4.78 is 26.2. The Morgan fingerprint density at radius 3 is 2.14 bits per heavy atom. The van der Waals surface area contributed by atoms with Crippen LogP contribution in [0, 0.1) is 0 Å². The summed E-state index contributed by atoms with van der Waals surface area (Å²) in [5.74, 6) is 0.303. The lowest BCUT2D eigenvalue weighted by Gasteiger charge is -2.06. The molecule has 0 spiro atoms. The lowest BCUT2D eigenvalue weighted by molar-refractivity contribution is 0.493. The third-order valence-corrected chi connectivity index (χ3v) is 2.15. The molecule has 1 aromatic carbocycles. The molecular weight excluding hydrogens is 202 g/mol. The summed E-state index contributed by atoms with van der Waals surface area (Å²) in [4.78, 5) is 0. The predicted molar refractivity (Wildman–Crippen MR) is 54.5 cm³/mol. The summed E-state index contributed by atoms with van der Waals surface area (Å²) in [6.45, 7) is 1.85. The van der Waals surface area contributed by atoms with Gasteiger partial charge in [-0.05, 0) is 24.6 Å². The Morgan fingerprint density at radius 1 is 1.29 bits per heavy atom. The minimum Gasteiger partial charge on any atom is -0.383 e. The molecule has 0 fully saturated rings. The fraction of sp³-hybridized carbons (Fsp3) is 0.333. The van der Waals surface area contributed by atoms with Gasteiger partial charge >= 0.3 is 10.1 Å². The number of hydrogen-bond acceptors (Lipinski definition) is 4. The molecule has 0 saturated heterocycles. The summed E-state index contributed by atoms with van der Waals surface area (Å²) >= 11 is 0. The van der Waals surface area contributed by atoms with Crippen LogP contribution in [0.15, 0.2) is 24.3 Å². The number of rotatable bonds is 3. The van der Waals surface area contributed by atoms with Crippen LogP contribution in [0.3, 0.4) is 0 Å². The standard InChI is InChI=1S/C9H13NO3S/c1-7(10)8-3-5-9(6-4-8)13-14(2,11)12/h3-7H,10H2,1-2H3. The topological polar surface area (TPSA) is 69.4 Å². The molecule has 0 aliphatic rings. The van der Waals surface area contributed by atoms with Crippen molar-refractivity contribution in [1.82, 2.24) is 0 Å². The average Bonchev–Trinajstić information content (AvgIpc) is 2.02. The molecule has 14 heavy (non-hydrogen) atoms. The molecular formula is C9H13NO3S. The Labute approximate surface area is 83.8 Å². The summed E-state index contributed by atoms with van der Waals surface area (Å²) in [5.41, 5.74) is 6.57. The van der Waals surface area contributed by atoms with Crippen molar-refractivity contribution >= 4 is 10.1 Å². The molecule has 78 valence electrons. The van der Waals surface area contributed by atoms with Gasteiger partial charge in [0.05, 0.1) is 6.26 Å². The van der Waals surface area contributed by atoms with E-state index in [1.807, 2.05) is 6.92 Å². The predicted octanol–water partition coefficient (Wildman–Crippen LogP) is 1.04. The van der Waals surface area contributed by atoms with E-state index in [9.17, 15) is 8.42 Å². The zero-order valence-corrected chi connectivity index (χ0v) is 8.91. The normalized spacial score (nSPS) is 13.6. The van der Waals surface area contributed by atoms with E-state index in [4.69, 9.17) is 5.73 Å². The van der Waals surface area contributed by atoms with Gasteiger partial charge in [0.25, 0.3) is 0 Å². The van der Waals surface area contributed by atoms with Gasteiger partial charge in [-0.25, -0.2) is 0 Å². The zero-order chi connectivity index (χ0) is 10.8. The lowest BCUT2D eigenvalue weighted by atomic mass is 10.1. The van der Waals surface area contributed by atoms with E-state index in [1.165, 1.54) is 0 Å².